The monoisotopic (exact) mass is 380 g/mol. The maximum Gasteiger partial charge on any atom is 0.240 e. The molecule has 7 nitrogen and oxygen atoms in total. The largest absolute Gasteiger partial charge is 0.494 e. The second-order valence-electron chi connectivity index (χ2n) is 6.14. The first-order valence-electron chi connectivity index (χ1n) is 8.34. The Morgan fingerprint density at radius 2 is 2.08 bits per heavy atom. The van der Waals surface area contributed by atoms with Gasteiger partial charge in [-0.1, -0.05) is 0 Å². The van der Waals surface area contributed by atoms with Gasteiger partial charge in [-0.2, -0.15) is 0 Å². The Morgan fingerprint density at radius 1 is 1.31 bits per heavy atom. The van der Waals surface area contributed by atoms with Crippen molar-refractivity contribution in [2.75, 3.05) is 31.6 Å². The number of sulfonamides is 1. The Labute approximate surface area is 152 Å². The van der Waals surface area contributed by atoms with Gasteiger partial charge in [0.05, 0.1) is 18.2 Å². The summed E-state index contributed by atoms with van der Waals surface area (Å²) in [6.07, 6.45) is 6.70. The van der Waals surface area contributed by atoms with E-state index in [0.29, 0.717) is 6.54 Å². The maximum absolute atomic E-state index is 13.7. The molecule has 3 rings (SSSR count). The summed E-state index contributed by atoms with van der Waals surface area (Å²) in [5.74, 6) is 0.369. The second-order valence-corrected chi connectivity index (χ2v) is 7.91. The molecule has 0 saturated carbocycles. The Bertz CT molecular complexity index is 840. The SMILES string of the molecule is COc1ccc(S(=O)(=O)NCC2CCN(c3cnccn3)CC2)cc1F. The summed E-state index contributed by atoms with van der Waals surface area (Å²) in [6.45, 7) is 1.91. The van der Waals surface area contributed by atoms with Gasteiger partial charge in [-0.05, 0) is 37.0 Å². The lowest BCUT2D eigenvalue weighted by molar-refractivity contribution is 0.385. The fraction of sp³-hybridized carbons (Fsp3) is 0.412. The fourth-order valence-corrected chi connectivity index (χ4v) is 4.07. The van der Waals surface area contributed by atoms with Gasteiger partial charge < -0.3 is 9.64 Å². The summed E-state index contributed by atoms with van der Waals surface area (Å²) in [4.78, 5) is 10.4. The molecule has 1 aromatic carbocycles. The van der Waals surface area contributed by atoms with Gasteiger partial charge in [-0.25, -0.2) is 22.5 Å². The predicted molar refractivity (Wildman–Crippen MR) is 95.1 cm³/mol. The fourth-order valence-electron chi connectivity index (χ4n) is 2.95. The number of ether oxygens (including phenoxy) is 1. The van der Waals surface area contributed by atoms with Crippen LogP contribution in [0.1, 0.15) is 12.8 Å². The van der Waals surface area contributed by atoms with E-state index in [9.17, 15) is 12.8 Å². The molecule has 0 atom stereocenters. The van der Waals surface area contributed by atoms with E-state index in [2.05, 4.69) is 19.6 Å². The van der Waals surface area contributed by atoms with E-state index in [1.165, 1.54) is 19.2 Å². The second kappa shape index (κ2) is 7.96. The molecule has 0 unspecified atom stereocenters. The van der Waals surface area contributed by atoms with Gasteiger partial charge in [0.2, 0.25) is 10.0 Å². The van der Waals surface area contributed by atoms with Crippen molar-refractivity contribution in [1.82, 2.24) is 14.7 Å². The van der Waals surface area contributed by atoms with Crippen molar-refractivity contribution in [1.29, 1.82) is 0 Å². The zero-order valence-electron chi connectivity index (χ0n) is 14.4. The molecule has 9 heteroatoms. The first-order chi connectivity index (χ1) is 12.5. The minimum atomic E-state index is -3.75. The number of benzene rings is 1. The highest BCUT2D eigenvalue weighted by Gasteiger charge is 2.23. The molecule has 0 amide bonds. The molecule has 1 saturated heterocycles. The van der Waals surface area contributed by atoms with Crippen molar-refractivity contribution in [3.8, 4) is 5.75 Å². The van der Waals surface area contributed by atoms with Gasteiger partial charge in [0, 0.05) is 32.0 Å². The summed E-state index contributed by atoms with van der Waals surface area (Å²) in [5.41, 5.74) is 0. The zero-order valence-corrected chi connectivity index (χ0v) is 15.2. The first-order valence-corrected chi connectivity index (χ1v) is 9.82. The minimum absolute atomic E-state index is 0.0142. The van der Waals surface area contributed by atoms with Gasteiger partial charge in [-0.15, -0.1) is 0 Å². The molecule has 0 aliphatic carbocycles. The number of aromatic nitrogens is 2. The Morgan fingerprint density at radius 3 is 2.69 bits per heavy atom. The average molecular weight is 380 g/mol. The third kappa shape index (κ3) is 4.28. The highest BCUT2D eigenvalue weighted by atomic mass is 32.2. The van der Waals surface area contributed by atoms with Crippen molar-refractivity contribution in [2.45, 2.75) is 17.7 Å². The summed E-state index contributed by atoms with van der Waals surface area (Å²) >= 11 is 0. The summed E-state index contributed by atoms with van der Waals surface area (Å²) in [5, 5.41) is 0. The molecule has 1 aromatic heterocycles. The van der Waals surface area contributed by atoms with E-state index in [1.54, 1.807) is 18.6 Å². The van der Waals surface area contributed by atoms with Crippen LogP contribution >= 0.6 is 0 Å². The Kier molecular flexibility index (Phi) is 5.67. The molecular weight excluding hydrogens is 359 g/mol. The van der Waals surface area contributed by atoms with Crippen LogP contribution in [0.4, 0.5) is 10.2 Å². The van der Waals surface area contributed by atoms with Crippen LogP contribution in [0.3, 0.4) is 0 Å². The number of piperidine rings is 1. The molecular formula is C17H21FN4O3S. The molecule has 140 valence electrons. The van der Waals surface area contributed by atoms with Gasteiger partial charge in [0.25, 0.3) is 0 Å². The number of hydrogen-bond donors (Lipinski definition) is 1. The molecule has 0 bridgehead atoms. The van der Waals surface area contributed by atoms with E-state index >= 15 is 0 Å². The van der Waals surface area contributed by atoms with Crippen LogP contribution in [0.15, 0.2) is 41.7 Å². The number of anilines is 1. The summed E-state index contributed by atoms with van der Waals surface area (Å²) in [6, 6.07) is 3.61. The van der Waals surface area contributed by atoms with Crippen LogP contribution in [0.25, 0.3) is 0 Å². The number of nitrogens with one attached hydrogen (secondary N) is 1. The number of methoxy groups -OCH3 is 1. The van der Waals surface area contributed by atoms with E-state index in [-0.39, 0.29) is 16.6 Å². The minimum Gasteiger partial charge on any atom is -0.494 e. The van der Waals surface area contributed by atoms with Gasteiger partial charge in [0.15, 0.2) is 11.6 Å². The van der Waals surface area contributed by atoms with Crippen LogP contribution in [-0.4, -0.2) is 45.1 Å². The van der Waals surface area contributed by atoms with Gasteiger partial charge in [0.1, 0.15) is 5.82 Å². The van der Waals surface area contributed by atoms with Gasteiger partial charge >= 0.3 is 0 Å². The standard InChI is InChI=1S/C17H21FN4O3S/c1-25-16-3-2-14(10-15(16)18)26(23,24)21-11-13-4-8-22(9-5-13)17-12-19-6-7-20-17/h2-3,6-7,10,12-13,21H,4-5,8-9,11H2,1H3. The number of rotatable bonds is 6. The lowest BCUT2D eigenvalue weighted by Gasteiger charge is -2.32. The number of hydrogen-bond acceptors (Lipinski definition) is 6. The average Bonchev–Trinajstić information content (AvgIpc) is 2.67. The zero-order chi connectivity index (χ0) is 18.6. The Balaban J connectivity index is 1.55. The van der Waals surface area contributed by atoms with Crippen molar-refractivity contribution < 1.29 is 17.5 Å². The quantitative estimate of drug-likeness (QED) is 0.823. The normalized spacial score (nSPS) is 15.8. The first kappa shape index (κ1) is 18.5. The molecule has 1 aliphatic heterocycles. The molecule has 0 radical (unpaired) electrons. The van der Waals surface area contributed by atoms with E-state index in [0.717, 1.165) is 37.8 Å². The predicted octanol–water partition coefficient (Wildman–Crippen LogP) is 1.82. The van der Waals surface area contributed by atoms with E-state index in [1.807, 2.05) is 0 Å². The van der Waals surface area contributed by atoms with Crippen molar-refractivity contribution in [2.24, 2.45) is 5.92 Å². The third-order valence-corrected chi connectivity index (χ3v) is 5.90. The molecule has 0 spiro atoms. The highest BCUT2D eigenvalue weighted by molar-refractivity contribution is 7.89. The lowest BCUT2D eigenvalue weighted by atomic mass is 9.97. The van der Waals surface area contributed by atoms with Crippen LogP contribution in [-0.2, 0) is 10.0 Å². The number of halogens is 1. The highest BCUT2D eigenvalue weighted by Crippen LogP contribution is 2.23. The molecule has 1 fully saturated rings. The number of nitrogens with zero attached hydrogens (tertiary/aromatic N) is 3. The molecule has 1 N–H and O–H groups in total. The van der Waals surface area contributed by atoms with Crippen molar-refractivity contribution >= 4 is 15.8 Å². The van der Waals surface area contributed by atoms with E-state index in [4.69, 9.17) is 4.74 Å². The van der Waals surface area contributed by atoms with E-state index < -0.39 is 15.8 Å². The van der Waals surface area contributed by atoms with Crippen molar-refractivity contribution in [3.05, 3.63) is 42.6 Å². The molecule has 26 heavy (non-hydrogen) atoms. The lowest BCUT2D eigenvalue weighted by Crippen LogP contribution is -2.39. The van der Waals surface area contributed by atoms with Crippen molar-refractivity contribution in [3.63, 3.8) is 0 Å². The maximum atomic E-state index is 13.7. The summed E-state index contributed by atoms with van der Waals surface area (Å²) in [7, 11) is -2.42. The molecule has 2 heterocycles. The smallest absolute Gasteiger partial charge is 0.240 e. The Hall–Kier alpha value is -2.26. The van der Waals surface area contributed by atoms with Crippen LogP contribution < -0.4 is 14.4 Å². The van der Waals surface area contributed by atoms with Gasteiger partial charge in [-0.3, -0.25) is 4.98 Å². The molecule has 1 aliphatic rings. The molecule has 2 aromatic rings. The van der Waals surface area contributed by atoms with Crippen LogP contribution in [0.5, 0.6) is 5.75 Å². The third-order valence-electron chi connectivity index (χ3n) is 4.48. The topological polar surface area (TPSA) is 84.4 Å². The van der Waals surface area contributed by atoms with Crippen LogP contribution in [0.2, 0.25) is 0 Å². The van der Waals surface area contributed by atoms with Crippen LogP contribution in [0, 0.1) is 11.7 Å². The summed E-state index contributed by atoms with van der Waals surface area (Å²) < 4.78 is 45.9.